The van der Waals surface area contributed by atoms with Crippen LogP contribution in [0, 0.1) is 10.1 Å². The van der Waals surface area contributed by atoms with Gasteiger partial charge >= 0.3 is 5.97 Å². The van der Waals surface area contributed by atoms with E-state index >= 15 is 0 Å². The van der Waals surface area contributed by atoms with Gasteiger partial charge in [0, 0.05) is 29.5 Å². The average molecular weight is 337 g/mol. The first kappa shape index (κ1) is 15.4. The molecule has 0 amide bonds. The number of furan rings is 1. The lowest BCUT2D eigenvalue weighted by Crippen LogP contribution is -2.08. The summed E-state index contributed by atoms with van der Waals surface area (Å²) in [7, 11) is 0. The Balaban J connectivity index is 1.59. The zero-order valence-corrected chi connectivity index (χ0v) is 13.4. The van der Waals surface area contributed by atoms with Gasteiger partial charge in [-0.15, -0.1) is 0 Å². The summed E-state index contributed by atoms with van der Waals surface area (Å²) in [5.74, 6) is 0.914. The van der Waals surface area contributed by atoms with E-state index in [1.165, 1.54) is 29.8 Å². The monoisotopic (exact) mass is 337 g/mol. The van der Waals surface area contributed by atoms with E-state index in [1.807, 2.05) is 12.1 Å². The Hall–Kier alpha value is -3.15. The van der Waals surface area contributed by atoms with Crippen molar-refractivity contribution in [2.75, 3.05) is 0 Å². The molecule has 6 heteroatoms. The molecule has 0 N–H and O–H groups in total. The van der Waals surface area contributed by atoms with Crippen molar-refractivity contribution < 1.29 is 18.9 Å². The summed E-state index contributed by atoms with van der Waals surface area (Å²) < 4.78 is 11.3. The number of aryl methyl sites for hydroxylation is 2. The molecule has 4 rings (SSSR count). The zero-order chi connectivity index (χ0) is 17.4. The van der Waals surface area contributed by atoms with E-state index in [0.29, 0.717) is 5.75 Å². The molecule has 0 spiro atoms. The number of nitrogens with zero attached hydrogens (tertiary/aromatic N) is 1. The second-order valence-electron chi connectivity index (χ2n) is 6.06. The number of nitro benzene ring substituents is 1. The molecule has 1 heterocycles. The van der Waals surface area contributed by atoms with Crippen LogP contribution in [-0.4, -0.2) is 10.9 Å². The number of non-ortho nitro benzene ring substituents is 1. The van der Waals surface area contributed by atoms with Crippen LogP contribution in [0.3, 0.4) is 0 Å². The van der Waals surface area contributed by atoms with Gasteiger partial charge in [-0.25, -0.2) is 4.79 Å². The molecular weight excluding hydrogens is 322 g/mol. The van der Waals surface area contributed by atoms with Gasteiger partial charge in [-0.2, -0.15) is 0 Å². The van der Waals surface area contributed by atoms with Crippen LogP contribution in [0.5, 0.6) is 5.75 Å². The van der Waals surface area contributed by atoms with Crippen LogP contribution in [0.2, 0.25) is 0 Å². The van der Waals surface area contributed by atoms with Crippen molar-refractivity contribution in [3.05, 3.63) is 69.5 Å². The molecule has 0 radical (unpaired) electrons. The molecule has 1 aliphatic carbocycles. The van der Waals surface area contributed by atoms with Crippen LogP contribution in [0.1, 0.15) is 34.5 Å². The van der Waals surface area contributed by atoms with Crippen LogP contribution in [-0.2, 0) is 12.8 Å². The van der Waals surface area contributed by atoms with Gasteiger partial charge in [0.15, 0.2) is 0 Å². The Kier molecular flexibility index (Phi) is 3.72. The topological polar surface area (TPSA) is 82.6 Å². The molecule has 2 aromatic carbocycles. The largest absolute Gasteiger partial charge is 0.461 e. The molecule has 0 fully saturated rings. The quantitative estimate of drug-likeness (QED) is 0.305. The highest BCUT2D eigenvalue weighted by atomic mass is 16.6. The molecular formula is C19H15NO5. The molecule has 126 valence electrons. The highest BCUT2D eigenvalue weighted by molar-refractivity contribution is 5.92. The Morgan fingerprint density at radius 1 is 1.08 bits per heavy atom. The Morgan fingerprint density at radius 2 is 1.84 bits per heavy atom. The average Bonchev–Trinajstić information content (AvgIpc) is 3.00. The normalized spacial score (nSPS) is 13.4. The van der Waals surface area contributed by atoms with Gasteiger partial charge in [0.1, 0.15) is 17.1 Å². The standard InChI is InChI=1S/C19H15NO5/c21-19(12-5-7-13(8-6-12)20(22)23)24-14-9-10-18-16(11-14)15-3-1-2-4-17(15)25-18/h5-11H,1-4H2. The van der Waals surface area contributed by atoms with E-state index in [9.17, 15) is 14.9 Å². The molecule has 0 aliphatic heterocycles. The third kappa shape index (κ3) is 2.87. The van der Waals surface area contributed by atoms with Gasteiger partial charge in [0.25, 0.3) is 5.69 Å². The highest BCUT2D eigenvalue weighted by Crippen LogP contribution is 2.34. The minimum Gasteiger partial charge on any atom is -0.461 e. The molecule has 0 bridgehead atoms. The number of hydrogen-bond donors (Lipinski definition) is 0. The number of rotatable bonds is 3. The fraction of sp³-hybridized carbons (Fsp3) is 0.211. The third-order valence-electron chi connectivity index (χ3n) is 4.45. The number of benzene rings is 2. The fourth-order valence-electron chi connectivity index (χ4n) is 3.19. The van der Waals surface area contributed by atoms with Crippen LogP contribution < -0.4 is 4.74 Å². The second kappa shape index (κ2) is 6.05. The van der Waals surface area contributed by atoms with E-state index in [2.05, 4.69) is 0 Å². The van der Waals surface area contributed by atoms with Crippen molar-refractivity contribution in [3.8, 4) is 5.75 Å². The van der Waals surface area contributed by atoms with E-state index in [-0.39, 0.29) is 11.3 Å². The summed E-state index contributed by atoms with van der Waals surface area (Å²) >= 11 is 0. The van der Waals surface area contributed by atoms with Gasteiger partial charge in [-0.3, -0.25) is 10.1 Å². The van der Waals surface area contributed by atoms with Crippen molar-refractivity contribution >= 4 is 22.6 Å². The van der Waals surface area contributed by atoms with Crippen molar-refractivity contribution in [2.24, 2.45) is 0 Å². The predicted molar refractivity (Wildman–Crippen MR) is 90.9 cm³/mol. The maximum Gasteiger partial charge on any atom is 0.343 e. The maximum atomic E-state index is 12.2. The Bertz CT molecular complexity index is 971. The number of hydrogen-bond acceptors (Lipinski definition) is 5. The van der Waals surface area contributed by atoms with Crippen LogP contribution in [0.4, 0.5) is 5.69 Å². The molecule has 1 aliphatic rings. The first-order valence-electron chi connectivity index (χ1n) is 8.13. The third-order valence-corrected chi connectivity index (χ3v) is 4.45. The number of fused-ring (bicyclic) bond motifs is 3. The first-order valence-corrected chi connectivity index (χ1v) is 8.13. The summed E-state index contributed by atoms with van der Waals surface area (Å²) in [6.07, 6.45) is 4.19. The van der Waals surface area contributed by atoms with E-state index in [0.717, 1.165) is 42.4 Å². The maximum absolute atomic E-state index is 12.2. The van der Waals surface area contributed by atoms with Crippen molar-refractivity contribution in [3.63, 3.8) is 0 Å². The van der Waals surface area contributed by atoms with Crippen LogP contribution in [0.15, 0.2) is 46.9 Å². The molecule has 25 heavy (non-hydrogen) atoms. The summed E-state index contributed by atoms with van der Waals surface area (Å²) in [6.45, 7) is 0. The lowest BCUT2D eigenvalue weighted by atomic mass is 9.96. The lowest BCUT2D eigenvalue weighted by Gasteiger charge is -2.09. The molecule has 0 saturated heterocycles. The lowest BCUT2D eigenvalue weighted by molar-refractivity contribution is -0.384. The summed E-state index contributed by atoms with van der Waals surface area (Å²) in [5.41, 5.74) is 2.21. The smallest absolute Gasteiger partial charge is 0.343 e. The second-order valence-corrected chi connectivity index (χ2v) is 6.06. The minimum atomic E-state index is -0.549. The fourth-order valence-corrected chi connectivity index (χ4v) is 3.19. The van der Waals surface area contributed by atoms with Gasteiger partial charge in [0.05, 0.1) is 10.5 Å². The van der Waals surface area contributed by atoms with Gasteiger partial charge in [0.2, 0.25) is 0 Å². The molecule has 1 aromatic heterocycles. The first-order chi connectivity index (χ1) is 12.1. The predicted octanol–water partition coefficient (Wildman–Crippen LogP) is 4.44. The molecule has 0 saturated carbocycles. The van der Waals surface area contributed by atoms with E-state index < -0.39 is 10.9 Å². The number of esters is 1. The minimum absolute atomic E-state index is 0.0667. The van der Waals surface area contributed by atoms with Gasteiger partial charge < -0.3 is 9.15 Å². The summed E-state index contributed by atoms with van der Waals surface area (Å²) in [5, 5.41) is 11.7. The van der Waals surface area contributed by atoms with Gasteiger partial charge in [-0.05, 0) is 49.6 Å². The number of carbonyl (C=O) groups excluding carboxylic acids is 1. The van der Waals surface area contributed by atoms with Crippen LogP contribution in [0.25, 0.3) is 11.0 Å². The Labute approximate surface area is 143 Å². The van der Waals surface area contributed by atoms with Gasteiger partial charge in [-0.1, -0.05) is 0 Å². The zero-order valence-electron chi connectivity index (χ0n) is 13.4. The number of ether oxygens (including phenoxy) is 1. The molecule has 3 aromatic rings. The molecule has 0 unspecified atom stereocenters. The summed E-state index contributed by atoms with van der Waals surface area (Å²) in [6, 6.07) is 10.7. The van der Waals surface area contributed by atoms with Crippen molar-refractivity contribution in [2.45, 2.75) is 25.7 Å². The SMILES string of the molecule is O=C(Oc1ccc2oc3c(c2c1)CCCC3)c1ccc([N+](=O)[O-])cc1. The molecule has 0 atom stereocenters. The van der Waals surface area contributed by atoms with E-state index in [1.54, 1.807) is 6.07 Å². The number of nitro groups is 1. The molecule has 6 nitrogen and oxygen atoms in total. The highest BCUT2D eigenvalue weighted by Gasteiger charge is 2.19. The van der Waals surface area contributed by atoms with Crippen molar-refractivity contribution in [1.29, 1.82) is 0 Å². The van der Waals surface area contributed by atoms with E-state index in [4.69, 9.17) is 9.15 Å². The van der Waals surface area contributed by atoms with Crippen molar-refractivity contribution in [1.82, 2.24) is 0 Å². The van der Waals surface area contributed by atoms with Crippen LogP contribution >= 0.6 is 0 Å². The number of carbonyl (C=O) groups is 1. The Morgan fingerprint density at radius 3 is 2.60 bits per heavy atom. The summed E-state index contributed by atoms with van der Waals surface area (Å²) in [4.78, 5) is 22.4.